The molecule has 20 heavy (non-hydrogen) atoms. The monoisotopic (exact) mass is 276 g/mol. The molecule has 0 bridgehead atoms. The van der Waals surface area contributed by atoms with Gasteiger partial charge in [-0.3, -0.25) is 4.79 Å². The van der Waals surface area contributed by atoms with E-state index in [4.69, 9.17) is 14.2 Å². The van der Waals surface area contributed by atoms with Crippen LogP contribution in [-0.2, 0) is 4.74 Å². The molecule has 2 aliphatic rings. The predicted molar refractivity (Wildman–Crippen MR) is 74.5 cm³/mol. The first-order valence-electron chi connectivity index (χ1n) is 7.04. The summed E-state index contributed by atoms with van der Waals surface area (Å²) in [5.74, 6) is 1.62. The molecule has 0 aromatic heterocycles. The molecule has 0 amide bonds. The molecule has 1 aromatic carbocycles. The molecule has 3 rings (SSSR count). The maximum absolute atomic E-state index is 11.1. The van der Waals surface area contributed by atoms with Crippen LogP contribution in [0.25, 0.3) is 0 Å². The van der Waals surface area contributed by atoms with Crippen molar-refractivity contribution in [1.82, 2.24) is 0 Å². The maximum Gasteiger partial charge on any atom is 0.167 e. The second-order valence-electron chi connectivity index (χ2n) is 6.00. The highest BCUT2D eigenvalue weighted by Gasteiger charge is 2.46. The van der Waals surface area contributed by atoms with E-state index in [1.807, 2.05) is 6.07 Å². The van der Waals surface area contributed by atoms with Gasteiger partial charge in [0.1, 0.15) is 11.9 Å². The summed E-state index contributed by atoms with van der Waals surface area (Å²) >= 11 is 0. The fourth-order valence-corrected chi connectivity index (χ4v) is 3.32. The molecule has 108 valence electrons. The Morgan fingerprint density at radius 3 is 2.90 bits per heavy atom. The lowest BCUT2D eigenvalue weighted by molar-refractivity contribution is -0.117. The molecule has 2 aliphatic heterocycles. The number of carbonyl (C=O) groups is 1. The van der Waals surface area contributed by atoms with Gasteiger partial charge in [0.2, 0.25) is 0 Å². The zero-order valence-corrected chi connectivity index (χ0v) is 12.1. The van der Waals surface area contributed by atoms with Crippen LogP contribution < -0.4 is 9.47 Å². The van der Waals surface area contributed by atoms with Crippen LogP contribution in [0.2, 0.25) is 0 Å². The number of carbonyl (C=O) groups excluding carboxylic acids is 1. The Labute approximate surface area is 119 Å². The molecule has 1 aromatic rings. The van der Waals surface area contributed by atoms with E-state index in [9.17, 15) is 4.79 Å². The Morgan fingerprint density at radius 2 is 2.20 bits per heavy atom. The van der Waals surface area contributed by atoms with Crippen molar-refractivity contribution in [1.29, 1.82) is 0 Å². The third-order valence-electron chi connectivity index (χ3n) is 4.35. The minimum absolute atomic E-state index is 0.0173. The van der Waals surface area contributed by atoms with Gasteiger partial charge in [0.05, 0.1) is 13.2 Å². The van der Waals surface area contributed by atoms with Crippen molar-refractivity contribution in [2.24, 2.45) is 5.92 Å². The Hall–Kier alpha value is -1.55. The van der Waals surface area contributed by atoms with Gasteiger partial charge in [-0.15, -0.1) is 0 Å². The molecule has 0 radical (unpaired) electrons. The molecule has 2 atom stereocenters. The van der Waals surface area contributed by atoms with Crippen molar-refractivity contribution in [3.63, 3.8) is 0 Å². The normalized spacial score (nSPS) is 26.9. The first-order chi connectivity index (χ1) is 9.56. The molecule has 4 heteroatoms. The van der Waals surface area contributed by atoms with Gasteiger partial charge in [0.25, 0.3) is 0 Å². The summed E-state index contributed by atoms with van der Waals surface area (Å²) in [5.41, 5.74) is 1.24. The fraction of sp³-hybridized carbons (Fsp3) is 0.562. The van der Waals surface area contributed by atoms with Crippen LogP contribution in [-0.4, -0.2) is 25.6 Å². The lowest BCUT2D eigenvalue weighted by Gasteiger charge is -2.47. The summed E-state index contributed by atoms with van der Waals surface area (Å²) in [5, 5.41) is 0. The van der Waals surface area contributed by atoms with Gasteiger partial charge in [0.15, 0.2) is 11.5 Å². The van der Waals surface area contributed by atoms with Crippen LogP contribution in [0.15, 0.2) is 12.1 Å². The number of fused-ring (bicyclic) bond motifs is 3. The number of methoxy groups -OCH3 is 1. The summed E-state index contributed by atoms with van der Waals surface area (Å²) in [4.78, 5) is 11.1. The largest absolute Gasteiger partial charge is 0.493 e. The highest BCUT2D eigenvalue weighted by molar-refractivity contribution is 5.77. The number of hydrogen-bond acceptors (Lipinski definition) is 4. The third kappa shape index (κ3) is 1.99. The van der Waals surface area contributed by atoms with Gasteiger partial charge in [0, 0.05) is 23.7 Å². The molecule has 4 nitrogen and oxygen atoms in total. The maximum atomic E-state index is 11.1. The van der Waals surface area contributed by atoms with Crippen molar-refractivity contribution < 1.29 is 19.0 Å². The van der Waals surface area contributed by atoms with Crippen LogP contribution in [0, 0.1) is 5.92 Å². The van der Waals surface area contributed by atoms with Gasteiger partial charge < -0.3 is 14.2 Å². The van der Waals surface area contributed by atoms with Crippen LogP contribution >= 0.6 is 0 Å². The average Bonchev–Trinajstić information content (AvgIpc) is 2.46. The van der Waals surface area contributed by atoms with E-state index in [0.29, 0.717) is 23.0 Å². The van der Waals surface area contributed by atoms with Gasteiger partial charge in [-0.1, -0.05) is 0 Å². The van der Waals surface area contributed by atoms with Crippen molar-refractivity contribution >= 4 is 6.29 Å². The lowest BCUT2D eigenvalue weighted by atomic mass is 9.76. The number of rotatable bonds is 2. The van der Waals surface area contributed by atoms with Gasteiger partial charge in [-0.2, -0.15) is 0 Å². The minimum Gasteiger partial charge on any atom is -0.493 e. The number of benzene rings is 1. The molecule has 1 fully saturated rings. The first kappa shape index (κ1) is 13.4. The lowest BCUT2D eigenvalue weighted by Crippen LogP contribution is -2.47. The molecular formula is C16H20O4. The number of ether oxygens (including phenoxy) is 3. The molecule has 0 spiro atoms. The van der Waals surface area contributed by atoms with E-state index < -0.39 is 0 Å². The molecule has 0 aliphatic carbocycles. The molecule has 0 saturated carbocycles. The van der Waals surface area contributed by atoms with E-state index in [2.05, 4.69) is 13.8 Å². The van der Waals surface area contributed by atoms with Crippen LogP contribution in [0.3, 0.4) is 0 Å². The SMILES string of the molecule is COc1cc(C=O)cc2c1OC(C)(C)[C@@H]1CCCO[C@@H]21. The zero-order valence-electron chi connectivity index (χ0n) is 12.1. The van der Waals surface area contributed by atoms with Crippen molar-refractivity contribution in [3.8, 4) is 11.5 Å². The smallest absolute Gasteiger partial charge is 0.167 e. The second kappa shape index (κ2) is 4.77. The van der Waals surface area contributed by atoms with E-state index in [1.165, 1.54) is 0 Å². The average molecular weight is 276 g/mol. The summed E-state index contributed by atoms with van der Waals surface area (Å²) in [7, 11) is 1.59. The molecule has 0 unspecified atom stereocenters. The van der Waals surface area contributed by atoms with E-state index in [-0.39, 0.29) is 11.7 Å². The Bertz CT molecular complexity index is 536. The molecule has 2 heterocycles. The fourth-order valence-electron chi connectivity index (χ4n) is 3.32. The molecular weight excluding hydrogens is 256 g/mol. The molecule has 1 saturated heterocycles. The van der Waals surface area contributed by atoms with Crippen molar-refractivity contribution in [2.75, 3.05) is 13.7 Å². The van der Waals surface area contributed by atoms with Crippen molar-refractivity contribution in [3.05, 3.63) is 23.3 Å². The zero-order chi connectivity index (χ0) is 14.3. The highest BCUT2D eigenvalue weighted by Crippen LogP contribution is 2.52. The summed E-state index contributed by atoms with van der Waals surface area (Å²) in [6.07, 6.45) is 2.94. The van der Waals surface area contributed by atoms with Gasteiger partial charge >= 0.3 is 0 Å². The topological polar surface area (TPSA) is 44.8 Å². The first-order valence-corrected chi connectivity index (χ1v) is 7.04. The third-order valence-corrected chi connectivity index (χ3v) is 4.35. The Kier molecular flexibility index (Phi) is 3.21. The van der Waals surface area contributed by atoms with Crippen LogP contribution in [0.1, 0.15) is 48.7 Å². The van der Waals surface area contributed by atoms with Crippen molar-refractivity contribution in [2.45, 2.75) is 38.4 Å². The second-order valence-corrected chi connectivity index (χ2v) is 6.00. The van der Waals surface area contributed by atoms with E-state index in [1.54, 1.807) is 13.2 Å². The van der Waals surface area contributed by atoms with Crippen LogP contribution in [0.4, 0.5) is 0 Å². The number of aldehydes is 1. The summed E-state index contributed by atoms with van der Waals surface area (Å²) in [6.45, 7) is 4.94. The van der Waals surface area contributed by atoms with Crippen LogP contribution in [0.5, 0.6) is 11.5 Å². The summed E-state index contributed by atoms with van der Waals surface area (Å²) < 4.78 is 17.6. The number of hydrogen-bond donors (Lipinski definition) is 0. The van der Waals surface area contributed by atoms with E-state index >= 15 is 0 Å². The Balaban J connectivity index is 2.16. The Morgan fingerprint density at radius 1 is 1.40 bits per heavy atom. The highest BCUT2D eigenvalue weighted by atomic mass is 16.5. The quantitative estimate of drug-likeness (QED) is 0.778. The minimum atomic E-state index is -0.298. The van der Waals surface area contributed by atoms with Gasteiger partial charge in [-0.05, 0) is 38.8 Å². The summed E-state index contributed by atoms with van der Waals surface area (Å²) in [6, 6.07) is 3.58. The van der Waals surface area contributed by atoms with Gasteiger partial charge in [-0.25, -0.2) is 0 Å². The standard InChI is InChI=1S/C16H20O4/c1-16(2)12-5-4-6-19-14(12)11-7-10(9-17)8-13(18-3)15(11)20-16/h7-9,12,14H,4-6H2,1-3H3/t12-,14+/m1/s1. The molecule has 0 N–H and O–H groups in total. The predicted octanol–water partition coefficient (Wildman–Crippen LogP) is 3.15. The van der Waals surface area contributed by atoms with E-state index in [0.717, 1.165) is 31.3 Å².